The fourth-order valence-electron chi connectivity index (χ4n) is 1.18. The van der Waals surface area contributed by atoms with Crippen LogP contribution in [0.1, 0.15) is 0 Å². The lowest BCUT2D eigenvalue weighted by atomic mass is 10.4. The zero-order chi connectivity index (χ0) is 10.9. The molecule has 0 aliphatic rings. The lowest BCUT2D eigenvalue weighted by Crippen LogP contribution is -2.46. The maximum absolute atomic E-state index is 12.4. The first kappa shape index (κ1) is 12.5. The van der Waals surface area contributed by atoms with E-state index in [4.69, 9.17) is 0 Å². The second kappa shape index (κ2) is 3.69. The van der Waals surface area contributed by atoms with Crippen molar-refractivity contribution in [3.8, 4) is 0 Å². The molecule has 1 unspecified atom stereocenters. The second-order valence-electron chi connectivity index (χ2n) is 3.95. The molecule has 0 radical (unpaired) electrons. The average Bonchev–Trinajstić information content (AvgIpc) is 1.80. The minimum Gasteiger partial charge on any atom is -0.359 e. The molecule has 1 N–H and O–H groups in total. The Bertz CT molecular complexity index is 183. The second-order valence-corrected chi connectivity index (χ2v) is 9.26. The molecular formula is C7H14F3NOSi. The summed E-state index contributed by atoms with van der Waals surface area (Å²) in [6.45, 7) is 4.58. The smallest absolute Gasteiger partial charge is 0.359 e. The Kier molecular flexibility index (Phi) is 3.54. The summed E-state index contributed by atoms with van der Waals surface area (Å²) in [5.41, 5.74) is -1.81. The Morgan fingerprint density at radius 3 is 1.77 bits per heavy atom. The van der Waals surface area contributed by atoms with Crippen molar-refractivity contribution in [2.75, 3.05) is 7.05 Å². The minimum absolute atomic E-state index is 0.924. The van der Waals surface area contributed by atoms with E-state index in [0.717, 1.165) is 0 Å². The predicted octanol–water partition coefficient (Wildman–Crippen LogP) is 2.00. The SMILES string of the molecule is CNC(=O)C(C(F)(F)F)[Si](C)(C)C. The summed E-state index contributed by atoms with van der Waals surface area (Å²) in [4.78, 5) is 11.0. The van der Waals surface area contributed by atoms with E-state index in [1.807, 2.05) is 0 Å². The highest BCUT2D eigenvalue weighted by molar-refractivity contribution is 6.80. The molecule has 13 heavy (non-hydrogen) atoms. The number of carbonyl (C=O) groups is 1. The van der Waals surface area contributed by atoms with Gasteiger partial charge in [-0.1, -0.05) is 19.6 Å². The van der Waals surface area contributed by atoms with E-state index >= 15 is 0 Å². The fraction of sp³-hybridized carbons (Fsp3) is 0.857. The normalized spacial score (nSPS) is 15.3. The van der Waals surface area contributed by atoms with Crippen LogP contribution in [0.15, 0.2) is 0 Å². The third kappa shape index (κ3) is 3.37. The van der Waals surface area contributed by atoms with Gasteiger partial charge >= 0.3 is 6.18 Å². The summed E-state index contributed by atoms with van der Waals surface area (Å²) < 4.78 is 37.3. The van der Waals surface area contributed by atoms with Crippen LogP contribution in [0.4, 0.5) is 13.2 Å². The van der Waals surface area contributed by atoms with E-state index in [1.54, 1.807) is 0 Å². The van der Waals surface area contributed by atoms with Crippen molar-refractivity contribution >= 4 is 14.0 Å². The van der Waals surface area contributed by atoms with Gasteiger partial charge in [-0.3, -0.25) is 4.79 Å². The molecule has 0 saturated heterocycles. The van der Waals surface area contributed by atoms with Crippen LogP contribution in [-0.2, 0) is 4.79 Å². The first-order valence-corrected chi connectivity index (χ1v) is 7.46. The molecule has 0 spiro atoms. The number of hydrogen-bond acceptors (Lipinski definition) is 1. The zero-order valence-electron chi connectivity index (χ0n) is 8.12. The minimum atomic E-state index is -4.43. The Hall–Kier alpha value is -0.523. The van der Waals surface area contributed by atoms with Crippen molar-refractivity contribution in [3.63, 3.8) is 0 Å². The van der Waals surface area contributed by atoms with Gasteiger partial charge < -0.3 is 5.32 Å². The Balaban J connectivity index is 4.89. The van der Waals surface area contributed by atoms with E-state index in [1.165, 1.54) is 26.7 Å². The summed E-state index contributed by atoms with van der Waals surface area (Å²) in [5, 5.41) is 2.05. The maximum Gasteiger partial charge on any atom is 0.398 e. The van der Waals surface area contributed by atoms with Crippen LogP contribution in [0.25, 0.3) is 0 Å². The van der Waals surface area contributed by atoms with Crippen LogP contribution in [0.2, 0.25) is 25.2 Å². The van der Waals surface area contributed by atoms with E-state index < -0.39 is 25.7 Å². The van der Waals surface area contributed by atoms with Crippen LogP contribution in [0.3, 0.4) is 0 Å². The number of halogens is 3. The molecule has 0 aromatic rings. The zero-order valence-corrected chi connectivity index (χ0v) is 9.12. The molecule has 1 atom stereocenters. The molecule has 0 aliphatic heterocycles. The maximum atomic E-state index is 12.4. The Morgan fingerprint density at radius 1 is 1.31 bits per heavy atom. The first-order valence-electron chi connectivity index (χ1n) is 3.89. The Labute approximate surface area is 76.5 Å². The highest BCUT2D eigenvalue weighted by Crippen LogP contribution is 2.38. The van der Waals surface area contributed by atoms with Crippen LogP contribution in [0, 0.1) is 0 Å². The van der Waals surface area contributed by atoms with Gasteiger partial charge in [0.2, 0.25) is 5.91 Å². The molecule has 0 bridgehead atoms. The van der Waals surface area contributed by atoms with Gasteiger partial charge in [0.05, 0.1) is 8.07 Å². The molecule has 2 nitrogen and oxygen atoms in total. The van der Waals surface area contributed by atoms with E-state index in [2.05, 4.69) is 5.32 Å². The quantitative estimate of drug-likeness (QED) is 0.698. The van der Waals surface area contributed by atoms with Crippen LogP contribution < -0.4 is 5.32 Å². The highest BCUT2D eigenvalue weighted by Gasteiger charge is 2.51. The van der Waals surface area contributed by atoms with Crippen molar-refractivity contribution in [1.82, 2.24) is 5.32 Å². The summed E-state index contributed by atoms with van der Waals surface area (Å²) in [5.74, 6) is -0.924. The average molecular weight is 213 g/mol. The summed E-state index contributed by atoms with van der Waals surface area (Å²) >= 11 is 0. The third-order valence-electron chi connectivity index (χ3n) is 1.70. The van der Waals surface area contributed by atoms with Crippen molar-refractivity contribution in [1.29, 1.82) is 0 Å². The van der Waals surface area contributed by atoms with Crippen LogP contribution in [0.5, 0.6) is 0 Å². The molecule has 0 aromatic heterocycles. The molecule has 0 fully saturated rings. The summed E-state index contributed by atoms with van der Waals surface area (Å²) in [6.07, 6.45) is -4.43. The van der Waals surface area contributed by atoms with Crippen molar-refractivity contribution in [2.45, 2.75) is 31.4 Å². The number of hydrogen-bond donors (Lipinski definition) is 1. The fourth-order valence-corrected chi connectivity index (χ4v) is 3.09. The highest BCUT2D eigenvalue weighted by atomic mass is 28.3. The number of nitrogens with one attached hydrogen (secondary N) is 1. The van der Waals surface area contributed by atoms with E-state index in [0.29, 0.717) is 0 Å². The third-order valence-corrected chi connectivity index (χ3v) is 4.02. The lowest BCUT2D eigenvalue weighted by molar-refractivity contribution is -0.154. The van der Waals surface area contributed by atoms with Gasteiger partial charge in [0.15, 0.2) is 0 Å². The lowest BCUT2D eigenvalue weighted by Gasteiger charge is -2.28. The topological polar surface area (TPSA) is 29.1 Å². The van der Waals surface area contributed by atoms with Gasteiger partial charge in [-0.2, -0.15) is 13.2 Å². The van der Waals surface area contributed by atoms with Gasteiger partial charge in [-0.25, -0.2) is 0 Å². The van der Waals surface area contributed by atoms with Gasteiger partial charge in [-0.15, -0.1) is 0 Å². The van der Waals surface area contributed by atoms with Gasteiger partial charge in [0.1, 0.15) is 5.54 Å². The molecule has 0 aromatic carbocycles. The number of carbonyl (C=O) groups excluding carboxylic acids is 1. The largest absolute Gasteiger partial charge is 0.398 e. The first-order chi connectivity index (χ1) is 5.60. The van der Waals surface area contributed by atoms with Crippen LogP contribution >= 0.6 is 0 Å². The molecule has 78 valence electrons. The Morgan fingerprint density at radius 2 is 1.69 bits per heavy atom. The monoisotopic (exact) mass is 213 g/mol. The number of amides is 1. The molecular weight excluding hydrogens is 199 g/mol. The molecule has 6 heteroatoms. The van der Waals surface area contributed by atoms with Gasteiger partial charge in [0, 0.05) is 7.05 Å². The van der Waals surface area contributed by atoms with Crippen molar-refractivity contribution < 1.29 is 18.0 Å². The molecule has 0 heterocycles. The van der Waals surface area contributed by atoms with Crippen molar-refractivity contribution in [2.24, 2.45) is 0 Å². The predicted molar refractivity (Wildman–Crippen MR) is 47.2 cm³/mol. The molecule has 0 aliphatic carbocycles. The van der Waals surface area contributed by atoms with E-state index in [-0.39, 0.29) is 0 Å². The molecule has 1 amide bonds. The molecule has 0 rings (SSSR count). The summed E-state index contributed by atoms with van der Waals surface area (Å²) in [7, 11) is -1.32. The number of alkyl halides is 3. The van der Waals surface area contributed by atoms with Crippen LogP contribution in [-0.4, -0.2) is 27.2 Å². The number of rotatable bonds is 2. The van der Waals surface area contributed by atoms with Gasteiger partial charge in [-0.05, 0) is 0 Å². The standard InChI is InChI=1S/C7H14F3NOSi/c1-11-6(12)5(7(8,9)10)13(2,3)4/h5H,1-4H3,(H,11,12). The van der Waals surface area contributed by atoms with Gasteiger partial charge in [0.25, 0.3) is 0 Å². The molecule has 0 saturated carbocycles. The summed E-state index contributed by atoms with van der Waals surface area (Å²) in [6, 6.07) is 0. The van der Waals surface area contributed by atoms with E-state index in [9.17, 15) is 18.0 Å². The van der Waals surface area contributed by atoms with Crippen molar-refractivity contribution in [3.05, 3.63) is 0 Å².